The van der Waals surface area contributed by atoms with E-state index in [9.17, 15) is 9.90 Å². The van der Waals surface area contributed by atoms with Gasteiger partial charge in [0.15, 0.2) is 0 Å². The highest BCUT2D eigenvalue weighted by Crippen LogP contribution is 2.28. The van der Waals surface area contributed by atoms with Gasteiger partial charge in [0.2, 0.25) is 5.88 Å². The molecular weight excluding hydrogens is 298 g/mol. The second kappa shape index (κ2) is 6.29. The Kier molecular flexibility index (Phi) is 4.20. The standard InChI is InChI=1S/C16H19N3O4/c1-19-9-12(16(18-19)22-2)15(21)17-8-13(20)10-3-4-14-11(7-10)5-6-23-14/h3-4,7,9,13,20H,5-6,8H2,1-2H3,(H,17,21). The van der Waals surface area contributed by atoms with Crippen molar-refractivity contribution in [2.24, 2.45) is 7.05 Å². The maximum atomic E-state index is 12.2. The van der Waals surface area contributed by atoms with Crippen molar-refractivity contribution in [3.63, 3.8) is 0 Å². The van der Waals surface area contributed by atoms with Gasteiger partial charge < -0.3 is 19.9 Å². The van der Waals surface area contributed by atoms with Gasteiger partial charge in [0.25, 0.3) is 5.91 Å². The molecule has 7 nitrogen and oxygen atoms in total. The lowest BCUT2D eigenvalue weighted by Gasteiger charge is -2.13. The highest BCUT2D eigenvalue weighted by atomic mass is 16.5. The summed E-state index contributed by atoms with van der Waals surface area (Å²) in [5.74, 6) is 0.790. The molecule has 0 spiro atoms. The van der Waals surface area contributed by atoms with Gasteiger partial charge in [-0.3, -0.25) is 9.48 Å². The number of aliphatic hydroxyl groups excluding tert-OH is 1. The first-order chi connectivity index (χ1) is 11.1. The van der Waals surface area contributed by atoms with E-state index >= 15 is 0 Å². The van der Waals surface area contributed by atoms with Crippen molar-refractivity contribution in [2.45, 2.75) is 12.5 Å². The SMILES string of the molecule is COc1nn(C)cc1C(=O)NCC(O)c1ccc2c(c1)CCO2. The Labute approximate surface area is 133 Å². The topological polar surface area (TPSA) is 85.6 Å². The fraction of sp³-hybridized carbons (Fsp3) is 0.375. The molecule has 1 aromatic heterocycles. The van der Waals surface area contributed by atoms with E-state index in [0.717, 1.165) is 23.3 Å². The zero-order valence-corrected chi connectivity index (χ0v) is 13.1. The average molecular weight is 317 g/mol. The lowest BCUT2D eigenvalue weighted by molar-refractivity contribution is 0.0913. The van der Waals surface area contributed by atoms with Crippen LogP contribution in [0.5, 0.6) is 11.6 Å². The molecule has 0 fully saturated rings. The van der Waals surface area contributed by atoms with Gasteiger partial charge in [-0.2, -0.15) is 0 Å². The molecule has 1 atom stereocenters. The van der Waals surface area contributed by atoms with Gasteiger partial charge in [-0.1, -0.05) is 6.07 Å². The first-order valence-corrected chi connectivity index (χ1v) is 7.38. The first-order valence-electron chi connectivity index (χ1n) is 7.38. The van der Waals surface area contributed by atoms with Gasteiger partial charge in [-0.25, -0.2) is 0 Å². The summed E-state index contributed by atoms with van der Waals surface area (Å²) in [4.78, 5) is 12.2. The predicted octanol–water partition coefficient (Wildman–Crippen LogP) is 0.827. The van der Waals surface area contributed by atoms with Crippen molar-refractivity contribution >= 4 is 5.91 Å². The van der Waals surface area contributed by atoms with Gasteiger partial charge in [0.05, 0.1) is 19.8 Å². The van der Waals surface area contributed by atoms with E-state index in [1.807, 2.05) is 18.2 Å². The van der Waals surface area contributed by atoms with E-state index in [-0.39, 0.29) is 18.3 Å². The highest BCUT2D eigenvalue weighted by molar-refractivity contribution is 5.96. The van der Waals surface area contributed by atoms with Gasteiger partial charge in [-0.15, -0.1) is 5.10 Å². The number of carbonyl (C=O) groups excluding carboxylic acids is 1. The Morgan fingerprint density at radius 2 is 2.39 bits per heavy atom. The molecule has 1 aliphatic rings. The molecule has 1 amide bonds. The number of rotatable bonds is 5. The molecule has 1 unspecified atom stereocenters. The number of aliphatic hydroxyl groups is 1. The summed E-state index contributed by atoms with van der Waals surface area (Å²) in [5, 5.41) is 17.0. The van der Waals surface area contributed by atoms with Gasteiger partial charge in [0, 0.05) is 26.2 Å². The number of nitrogens with one attached hydrogen (secondary N) is 1. The van der Waals surface area contributed by atoms with E-state index in [4.69, 9.17) is 9.47 Å². The fourth-order valence-electron chi connectivity index (χ4n) is 2.59. The number of aryl methyl sites for hydroxylation is 1. The average Bonchev–Trinajstić information content (AvgIpc) is 3.17. The van der Waals surface area contributed by atoms with E-state index < -0.39 is 6.10 Å². The van der Waals surface area contributed by atoms with Crippen molar-refractivity contribution < 1.29 is 19.4 Å². The van der Waals surface area contributed by atoms with Crippen molar-refractivity contribution in [3.8, 4) is 11.6 Å². The minimum Gasteiger partial charge on any atom is -0.493 e. The normalized spacial score (nSPS) is 14.0. The number of amides is 1. The summed E-state index contributed by atoms with van der Waals surface area (Å²) >= 11 is 0. The largest absolute Gasteiger partial charge is 0.493 e. The Morgan fingerprint density at radius 1 is 1.57 bits per heavy atom. The molecule has 3 rings (SSSR count). The van der Waals surface area contributed by atoms with Crippen molar-refractivity contribution in [3.05, 3.63) is 41.1 Å². The van der Waals surface area contributed by atoms with Crippen LogP contribution in [0.3, 0.4) is 0 Å². The minimum absolute atomic E-state index is 0.108. The number of nitrogens with zero attached hydrogens (tertiary/aromatic N) is 2. The molecule has 0 bridgehead atoms. The Hall–Kier alpha value is -2.54. The monoisotopic (exact) mass is 317 g/mol. The summed E-state index contributed by atoms with van der Waals surface area (Å²) in [6.45, 7) is 0.781. The van der Waals surface area contributed by atoms with E-state index in [1.165, 1.54) is 11.8 Å². The van der Waals surface area contributed by atoms with Crippen LogP contribution in [-0.2, 0) is 13.5 Å². The molecule has 2 N–H and O–H groups in total. The summed E-state index contributed by atoms with van der Waals surface area (Å²) in [6, 6.07) is 5.59. The molecule has 2 aromatic rings. The minimum atomic E-state index is -0.785. The predicted molar refractivity (Wildman–Crippen MR) is 82.7 cm³/mol. The molecule has 1 aliphatic heterocycles. The number of methoxy groups -OCH3 is 1. The third-order valence-electron chi connectivity index (χ3n) is 3.79. The fourth-order valence-corrected chi connectivity index (χ4v) is 2.59. The number of carbonyl (C=O) groups is 1. The number of hydrogen-bond donors (Lipinski definition) is 2. The van der Waals surface area contributed by atoms with Crippen LogP contribution in [0, 0.1) is 0 Å². The number of aromatic nitrogens is 2. The molecule has 0 saturated carbocycles. The lowest BCUT2D eigenvalue weighted by atomic mass is 10.0. The maximum absolute atomic E-state index is 12.2. The summed E-state index contributed by atoms with van der Waals surface area (Å²) in [6.07, 6.45) is 1.63. The molecular formula is C16H19N3O4. The summed E-state index contributed by atoms with van der Waals surface area (Å²) in [7, 11) is 3.17. The summed E-state index contributed by atoms with van der Waals surface area (Å²) < 4.78 is 12.0. The number of benzene rings is 1. The van der Waals surface area contributed by atoms with Crippen LogP contribution < -0.4 is 14.8 Å². The van der Waals surface area contributed by atoms with Gasteiger partial charge in [-0.05, 0) is 23.3 Å². The molecule has 0 aliphatic carbocycles. The number of hydrogen-bond acceptors (Lipinski definition) is 5. The van der Waals surface area contributed by atoms with E-state index in [2.05, 4.69) is 10.4 Å². The molecule has 7 heteroatoms. The van der Waals surface area contributed by atoms with Crippen molar-refractivity contribution in [1.29, 1.82) is 0 Å². The molecule has 122 valence electrons. The van der Waals surface area contributed by atoms with Crippen molar-refractivity contribution in [1.82, 2.24) is 15.1 Å². The zero-order chi connectivity index (χ0) is 16.4. The third-order valence-corrected chi connectivity index (χ3v) is 3.79. The van der Waals surface area contributed by atoms with Crippen LogP contribution in [0.25, 0.3) is 0 Å². The quantitative estimate of drug-likeness (QED) is 0.853. The molecule has 0 saturated heterocycles. The van der Waals surface area contributed by atoms with Crippen LogP contribution in [0.4, 0.5) is 0 Å². The molecule has 0 radical (unpaired) electrons. The second-order valence-electron chi connectivity index (χ2n) is 5.42. The van der Waals surface area contributed by atoms with E-state index in [0.29, 0.717) is 12.2 Å². The van der Waals surface area contributed by atoms with Crippen LogP contribution >= 0.6 is 0 Å². The Morgan fingerprint density at radius 3 is 3.17 bits per heavy atom. The third kappa shape index (κ3) is 3.14. The van der Waals surface area contributed by atoms with Crippen molar-refractivity contribution in [2.75, 3.05) is 20.3 Å². The first kappa shape index (κ1) is 15.4. The van der Waals surface area contributed by atoms with Gasteiger partial charge >= 0.3 is 0 Å². The lowest BCUT2D eigenvalue weighted by Crippen LogP contribution is -2.28. The zero-order valence-electron chi connectivity index (χ0n) is 13.1. The summed E-state index contributed by atoms with van der Waals surface area (Å²) in [5.41, 5.74) is 2.18. The Bertz CT molecular complexity index is 726. The maximum Gasteiger partial charge on any atom is 0.258 e. The van der Waals surface area contributed by atoms with E-state index in [1.54, 1.807) is 13.2 Å². The van der Waals surface area contributed by atoms with Crippen LogP contribution in [-0.4, -0.2) is 41.1 Å². The van der Waals surface area contributed by atoms with Crippen LogP contribution in [0.15, 0.2) is 24.4 Å². The number of fused-ring (bicyclic) bond motifs is 1. The number of ether oxygens (including phenoxy) is 2. The second-order valence-corrected chi connectivity index (χ2v) is 5.42. The van der Waals surface area contributed by atoms with Crippen LogP contribution in [0.2, 0.25) is 0 Å². The molecule has 1 aromatic carbocycles. The van der Waals surface area contributed by atoms with Crippen LogP contribution in [0.1, 0.15) is 27.6 Å². The smallest absolute Gasteiger partial charge is 0.258 e. The molecule has 23 heavy (non-hydrogen) atoms. The highest BCUT2D eigenvalue weighted by Gasteiger charge is 2.19. The Balaban J connectivity index is 1.64. The molecule has 2 heterocycles. The van der Waals surface area contributed by atoms with Gasteiger partial charge in [0.1, 0.15) is 11.3 Å².